The summed E-state index contributed by atoms with van der Waals surface area (Å²) in [5.74, 6) is -0.660. The molecule has 0 amide bonds. The minimum Gasteiger partial charge on any atom is -0.458 e. The molecule has 0 fully saturated rings. The summed E-state index contributed by atoms with van der Waals surface area (Å²) in [6.45, 7) is 23.6. The topological polar surface area (TPSA) is 150 Å². The van der Waals surface area contributed by atoms with E-state index in [1.54, 1.807) is 13.7 Å². The van der Waals surface area contributed by atoms with E-state index >= 15 is 0 Å². The zero-order valence-corrected chi connectivity index (χ0v) is 30.2. The number of carbonyl (C=O) groups is 1. The molecule has 18 heteroatoms. The van der Waals surface area contributed by atoms with Crippen LogP contribution >= 0.6 is 0 Å². The number of hydrogen-bond donors (Lipinski definition) is 0. The van der Waals surface area contributed by atoms with Gasteiger partial charge < -0.3 is 53.5 Å². The number of esters is 1. The standard InChI is InChI=1S/C16H34O11Si4.C3H8OSi.C2H4.H2O/c1-12-29(19-6,20-7)25-28(11,18-5)26-31(23-10,14-24-16(17)15(3)4)27-30(13-2,21-8)22-9;1-3-5-4-2;1-2;/h12-13H,1-3,14H2,4-11H3;3H,1,5H2,2H3;1-2H2;1H2. The molecule has 0 rings (SSSR count). The SMILES string of the molecule is C=C.C=C[SiH2]OC.C=C[Si](OC)(OC)O[Si](C)(OC)O[Si](COC(=O)C(=C)C)(OC)O[Si](C=C)(OC)OC.O. The van der Waals surface area contributed by atoms with Gasteiger partial charge in [0.1, 0.15) is 0 Å². The van der Waals surface area contributed by atoms with Gasteiger partial charge in [0, 0.05) is 61.9 Å². The average Bonchev–Trinajstić information content (AvgIpc) is 2.95. The fraction of sp³-hybridized carbons (Fsp3) is 0.476. The maximum absolute atomic E-state index is 12.0. The Labute approximate surface area is 240 Å². The highest BCUT2D eigenvalue weighted by Gasteiger charge is 2.60. The second-order valence-corrected chi connectivity index (χ2v) is 19.8. The van der Waals surface area contributed by atoms with Crippen molar-refractivity contribution in [2.24, 2.45) is 0 Å². The lowest BCUT2D eigenvalue weighted by atomic mass is 10.4. The molecule has 0 spiro atoms. The summed E-state index contributed by atoms with van der Waals surface area (Å²) in [7, 11) is -4.60. The highest BCUT2D eigenvalue weighted by Crippen LogP contribution is 2.27. The molecule has 2 N–H and O–H groups in total. The predicted octanol–water partition coefficient (Wildman–Crippen LogP) is 1.25. The van der Waals surface area contributed by atoms with Crippen molar-refractivity contribution < 1.29 is 58.3 Å². The summed E-state index contributed by atoms with van der Waals surface area (Å²) in [5.41, 5.74) is 4.84. The van der Waals surface area contributed by atoms with Crippen LogP contribution in [0.3, 0.4) is 0 Å². The third-order valence-electron chi connectivity index (χ3n) is 4.30. The number of carbonyl (C=O) groups excluding carboxylic acids is 1. The van der Waals surface area contributed by atoms with Crippen LogP contribution in [0, 0.1) is 0 Å². The van der Waals surface area contributed by atoms with E-state index in [0.29, 0.717) is 0 Å². The molecule has 39 heavy (non-hydrogen) atoms. The van der Waals surface area contributed by atoms with Gasteiger partial charge in [-0.2, -0.15) is 0 Å². The van der Waals surface area contributed by atoms with Gasteiger partial charge in [0.2, 0.25) is 0 Å². The van der Waals surface area contributed by atoms with Crippen LogP contribution in [-0.4, -0.2) is 112 Å². The van der Waals surface area contributed by atoms with Crippen molar-refractivity contribution in [3.8, 4) is 0 Å². The predicted molar refractivity (Wildman–Crippen MR) is 161 cm³/mol. The van der Waals surface area contributed by atoms with Crippen molar-refractivity contribution in [3.05, 3.63) is 62.1 Å². The Morgan fingerprint density at radius 1 is 0.769 bits per heavy atom. The number of rotatable bonds is 19. The third-order valence-corrected chi connectivity index (χ3v) is 17.7. The van der Waals surface area contributed by atoms with Crippen molar-refractivity contribution in [2.75, 3.05) is 56.0 Å². The van der Waals surface area contributed by atoms with Crippen LogP contribution in [0.15, 0.2) is 62.1 Å². The van der Waals surface area contributed by atoms with Crippen LogP contribution in [-0.2, 0) is 52.9 Å². The summed E-state index contributed by atoms with van der Waals surface area (Å²) in [6, 6.07) is 0. The van der Waals surface area contributed by atoms with Gasteiger partial charge in [-0.25, -0.2) is 4.79 Å². The number of hydrogen-bond acceptors (Lipinski definition) is 12. The largest absolute Gasteiger partial charge is 0.526 e. The Kier molecular flexibility index (Phi) is 27.0. The molecular formula is C21H48O13Si5. The average molecular weight is 649 g/mol. The normalized spacial score (nSPS) is 14.2. The molecule has 13 nitrogen and oxygen atoms in total. The summed E-state index contributed by atoms with van der Waals surface area (Å²) in [6.07, 6.45) is -0.400. The van der Waals surface area contributed by atoms with Crippen molar-refractivity contribution in [1.29, 1.82) is 0 Å². The third kappa shape index (κ3) is 16.0. The minimum absolute atomic E-state index is 0. The van der Waals surface area contributed by atoms with Gasteiger partial charge >= 0.3 is 41.2 Å². The van der Waals surface area contributed by atoms with E-state index in [-0.39, 0.29) is 20.8 Å². The molecule has 0 saturated carbocycles. The molecule has 0 bridgehead atoms. The van der Waals surface area contributed by atoms with Crippen molar-refractivity contribution in [3.63, 3.8) is 0 Å². The Balaban J connectivity index is -0.000000682. The molecule has 2 atom stereocenters. The molecule has 0 aliphatic heterocycles. The van der Waals surface area contributed by atoms with Crippen molar-refractivity contribution >= 4 is 51.0 Å². The van der Waals surface area contributed by atoms with E-state index in [1.165, 1.54) is 61.0 Å². The molecule has 0 aromatic rings. The summed E-state index contributed by atoms with van der Waals surface area (Å²) in [4.78, 5) is 12.0. The molecule has 0 radical (unpaired) electrons. The maximum atomic E-state index is 12.0. The molecule has 2 unspecified atom stereocenters. The lowest BCUT2D eigenvalue weighted by Crippen LogP contribution is -2.67. The van der Waals surface area contributed by atoms with E-state index < -0.39 is 47.4 Å². The van der Waals surface area contributed by atoms with Gasteiger partial charge in [-0.3, -0.25) is 0 Å². The van der Waals surface area contributed by atoms with Crippen molar-refractivity contribution in [1.82, 2.24) is 0 Å². The molecule has 0 heterocycles. The fourth-order valence-electron chi connectivity index (χ4n) is 2.23. The Morgan fingerprint density at radius 2 is 1.21 bits per heavy atom. The van der Waals surface area contributed by atoms with Crippen molar-refractivity contribution in [2.45, 2.75) is 13.5 Å². The van der Waals surface area contributed by atoms with Crippen LogP contribution in [0.1, 0.15) is 6.92 Å². The van der Waals surface area contributed by atoms with Gasteiger partial charge in [0.05, 0.1) is 0 Å². The fourth-order valence-corrected chi connectivity index (χ4v) is 14.8. The minimum atomic E-state index is -3.93. The summed E-state index contributed by atoms with van der Waals surface area (Å²) in [5, 5.41) is 0. The second-order valence-electron chi connectivity index (χ2n) is 6.79. The van der Waals surface area contributed by atoms with Crippen LogP contribution in [0.2, 0.25) is 6.55 Å². The summed E-state index contributed by atoms with van der Waals surface area (Å²) < 4.78 is 61.3. The first-order valence-corrected chi connectivity index (χ1v) is 20.1. The molecule has 0 aromatic heterocycles. The second kappa shape index (κ2) is 23.5. The number of ether oxygens (including phenoxy) is 1. The van der Waals surface area contributed by atoms with Gasteiger partial charge in [0.25, 0.3) is 0 Å². The zero-order valence-electron chi connectivity index (χ0n) is 24.8. The van der Waals surface area contributed by atoms with Crippen LogP contribution in [0.25, 0.3) is 0 Å². The molecule has 230 valence electrons. The Morgan fingerprint density at radius 3 is 1.46 bits per heavy atom. The Bertz CT molecular complexity index is 722. The summed E-state index contributed by atoms with van der Waals surface area (Å²) >= 11 is 0. The maximum Gasteiger partial charge on any atom is 0.526 e. The zero-order chi connectivity index (χ0) is 30.5. The highest BCUT2D eigenvalue weighted by molar-refractivity contribution is 6.85. The molecule has 0 aliphatic carbocycles. The van der Waals surface area contributed by atoms with E-state index in [0.717, 1.165) is 0 Å². The first kappa shape index (κ1) is 44.8. The lowest BCUT2D eigenvalue weighted by Gasteiger charge is -2.40. The molecule has 0 aromatic carbocycles. The van der Waals surface area contributed by atoms with Gasteiger partial charge in [-0.05, 0) is 18.3 Å². The molecular weight excluding hydrogens is 601 g/mol. The smallest absolute Gasteiger partial charge is 0.458 e. The molecule has 0 saturated heterocycles. The van der Waals surface area contributed by atoms with E-state index in [9.17, 15) is 4.79 Å². The van der Waals surface area contributed by atoms with Gasteiger partial charge in [-0.15, -0.1) is 19.7 Å². The highest BCUT2D eigenvalue weighted by atomic mass is 28.5. The van der Waals surface area contributed by atoms with Crippen LogP contribution < -0.4 is 0 Å². The monoisotopic (exact) mass is 648 g/mol. The lowest BCUT2D eigenvalue weighted by molar-refractivity contribution is -0.138. The quantitative estimate of drug-likeness (QED) is 0.0858. The first-order chi connectivity index (χ1) is 17.8. The van der Waals surface area contributed by atoms with Crippen LogP contribution in [0.5, 0.6) is 0 Å². The van der Waals surface area contributed by atoms with Crippen LogP contribution in [0.4, 0.5) is 0 Å². The first-order valence-electron chi connectivity index (χ1n) is 11.0. The van der Waals surface area contributed by atoms with E-state index in [4.69, 9.17) is 48.1 Å². The van der Waals surface area contributed by atoms with E-state index in [1.807, 2.05) is 5.70 Å². The van der Waals surface area contributed by atoms with E-state index in [2.05, 4.69) is 39.5 Å². The Hall–Kier alpha value is -1.19. The van der Waals surface area contributed by atoms with Gasteiger partial charge in [-0.1, -0.05) is 25.4 Å². The van der Waals surface area contributed by atoms with Gasteiger partial charge in [0.15, 0.2) is 16.0 Å². The molecule has 0 aliphatic rings.